The number of aromatic nitrogens is 2. The number of fused-ring (bicyclic) bond motifs is 1. The average molecular weight is 391 g/mol. The number of hydrogen-bond donors (Lipinski definition) is 1. The second kappa shape index (κ2) is 8.45. The largest absolute Gasteiger partial charge is 0.367 e. The molecule has 0 spiro atoms. The molecule has 1 saturated heterocycles. The molecule has 2 heterocycles. The Hall–Kier alpha value is -3.19. The lowest BCUT2D eigenvalue weighted by Gasteiger charge is -2.36. The number of hydrogen-bond acceptors (Lipinski definition) is 5. The van der Waals surface area contributed by atoms with Gasteiger partial charge >= 0.3 is 0 Å². The van der Waals surface area contributed by atoms with E-state index in [1.165, 1.54) is 6.20 Å². The number of amides is 1. The molecule has 2 aromatic carbocycles. The van der Waals surface area contributed by atoms with Crippen LogP contribution in [0.2, 0.25) is 0 Å². The van der Waals surface area contributed by atoms with Gasteiger partial charge in [0.1, 0.15) is 6.54 Å². The Morgan fingerprint density at radius 1 is 1.03 bits per heavy atom. The lowest BCUT2D eigenvalue weighted by Crippen LogP contribution is -2.46. The molecule has 29 heavy (non-hydrogen) atoms. The molecule has 7 heteroatoms. The van der Waals surface area contributed by atoms with Crippen LogP contribution in [0.3, 0.4) is 0 Å². The van der Waals surface area contributed by atoms with E-state index in [1.807, 2.05) is 36.4 Å². The Morgan fingerprint density at radius 3 is 2.55 bits per heavy atom. The van der Waals surface area contributed by atoms with E-state index >= 15 is 0 Å². The SMILES string of the molecule is CCN1CCN(c2ccccc2NC(=O)Cn2ncc(=O)c3ccccc32)CC1. The number of nitrogens with one attached hydrogen (secondary N) is 1. The van der Waals surface area contributed by atoms with E-state index in [0.717, 1.165) is 44.1 Å². The van der Waals surface area contributed by atoms with Gasteiger partial charge in [-0.1, -0.05) is 31.2 Å². The number of nitrogens with zero attached hydrogens (tertiary/aromatic N) is 4. The van der Waals surface area contributed by atoms with Crippen LogP contribution in [0.5, 0.6) is 0 Å². The maximum atomic E-state index is 12.8. The molecule has 0 atom stereocenters. The molecule has 1 aliphatic rings. The van der Waals surface area contributed by atoms with Crippen molar-refractivity contribution in [2.75, 3.05) is 42.9 Å². The zero-order valence-corrected chi connectivity index (χ0v) is 16.5. The van der Waals surface area contributed by atoms with Crippen molar-refractivity contribution in [2.24, 2.45) is 0 Å². The number of carbonyl (C=O) groups is 1. The molecule has 0 bridgehead atoms. The minimum atomic E-state index is -0.175. The molecule has 1 aromatic heterocycles. The number of anilines is 2. The zero-order valence-electron chi connectivity index (χ0n) is 16.5. The van der Waals surface area contributed by atoms with Crippen LogP contribution in [0.15, 0.2) is 59.5 Å². The van der Waals surface area contributed by atoms with Gasteiger partial charge in [-0.05, 0) is 30.8 Å². The third kappa shape index (κ3) is 4.14. The van der Waals surface area contributed by atoms with Crippen LogP contribution in [0.1, 0.15) is 6.92 Å². The van der Waals surface area contributed by atoms with E-state index in [4.69, 9.17) is 0 Å². The van der Waals surface area contributed by atoms with Crippen LogP contribution < -0.4 is 15.6 Å². The van der Waals surface area contributed by atoms with E-state index in [9.17, 15) is 9.59 Å². The summed E-state index contributed by atoms with van der Waals surface area (Å²) >= 11 is 0. The molecule has 0 radical (unpaired) electrons. The van der Waals surface area contributed by atoms with E-state index < -0.39 is 0 Å². The van der Waals surface area contributed by atoms with Gasteiger partial charge < -0.3 is 15.1 Å². The van der Waals surface area contributed by atoms with Gasteiger partial charge in [0.25, 0.3) is 0 Å². The lowest BCUT2D eigenvalue weighted by molar-refractivity contribution is -0.116. The van der Waals surface area contributed by atoms with Gasteiger partial charge in [0.2, 0.25) is 11.3 Å². The van der Waals surface area contributed by atoms with Crippen LogP contribution in [-0.2, 0) is 11.3 Å². The van der Waals surface area contributed by atoms with Gasteiger partial charge in [0.05, 0.1) is 23.1 Å². The number of para-hydroxylation sites is 3. The molecule has 1 fully saturated rings. The van der Waals surface area contributed by atoms with Crippen molar-refractivity contribution in [1.29, 1.82) is 0 Å². The summed E-state index contributed by atoms with van der Waals surface area (Å²) in [6.45, 7) is 7.20. The van der Waals surface area contributed by atoms with E-state index in [1.54, 1.807) is 16.8 Å². The van der Waals surface area contributed by atoms with E-state index in [0.29, 0.717) is 10.9 Å². The zero-order chi connectivity index (χ0) is 20.2. The summed E-state index contributed by atoms with van der Waals surface area (Å²) in [6.07, 6.45) is 1.26. The van der Waals surface area contributed by atoms with Gasteiger partial charge in [-0.3, -0.25) is 14.3 Å². The summed E-state index contributed by atoms with van der Waals surface area (Å²) in [5.74, 6) is -0.175. The second-order valence-corrected chi connectivity index (χ2v) is 7.17. The number of carbonyl (C=O) groups excluding carboxylic acids is 1. The first-order valence-corrected chi connectivity index (χ1v) is 9.97. The molecular weight excluding hydrogens is 366 g/mol. The molecule has 0 saturated carbocycles. The fourth-order valence-corrected chi connectivity index (χ4v) is 3.77. The molecule has 4 rings (SSSR count). The van der Waals surface area contributed by atoms with E-state index in [-0.39, 0.29) is 17.9 Å². The molecule has 0 aliphatic carbocycles. The molecule has 1 N–H and O–H groups in total. The Kier molecular flexibility index (Phi) is 5.57. The van der Waals surface area contributed by atoms with Crippen molar-refractivity contribution >= 4 is 28.2 Å². The van der Waals surface area contributed by atoms with Crippen molar-refractivity contribution in [3.63, 3.8) is 0 Å². The van der Waals surface area contributed by atoms with Crippen molar-refractivity contribution in [3.8, 4) is 0 Å². The lowest BCUT2D eigenvalue weighted by atomic mass is 10.2. The van der Waals surface area contributed by atoms with Crippen LogP contribution in [0, 0.1) is 0 Å². The summed E-state index contributed by atoms with van der Waals surface area (Å²) in [4.78, 5) is 29.5. The predicted octanol–water partition coefficient (Wildman–Crippen LogP) is 2.18. The molecule has 150 valence electrons. The molecular formula is C22H25N5O2. The van der Waals surface area contributed by atoms with Gasteiger partial charge in [-0.15, -0.1) is 0 Å². The molecule has 3 aromatic rings. The third-order valence-electron chi connectivity index (χ3n) is 5.39. The Morgan fingerprint density at radius 2 is 1.76 bits per heavy atom. The van der Waals surface area contributed by atoms with Gasteiger partial charge in [-0.25, -0.2) is 0 Å². The molecule has 1 aliphatic heterocycles. The summed E-state index contributed by atoms with van der Waals surface area (Å²) in [7, 11) is 0. The number of benzene rings is 2. The monoisotopic (exact) mass is 391 g/mol. The quantitative estimate of drug-likeness (QED) is 0.722. The first kappa shape index (κ1) is 19.1. The van der Waals surface area contributed by atoms with Gasteiger partial charge in [0, 0.05) is 31.6 Å². The smallest absolute Gasteiger partial charge is 0.246 e. The molecule has 7 nitrogen and oxygen atoms in total. The number of rotatable bonds is 5. The predicted molar refractivity (Wildman–Crippen MR) is 115 cm³/mol. The minimum absolute atomic E-state index is 0.0404. The van der Waals surface area contributed by atoms with Crippen LogP contribution >= 0.6 is 0 Å². The molecule has 0 unspecified atom stereocenters. The Bertz CT molecular complexity index is 1070. The molecule has 1 amide bonds. The van der Waals surface area contributed by atoms with Crippen molar-refractivity contribution in [2.45, 2.75) is 13.5 Å². The summed E-state index contributed by atoms with van der Waals surface area (Å²) in [5, 5.41) is 7.73. The fraction of sp³-hybridized carbons (Fsp3) is 0.318. The highest BCUT2D eigenvalue weighted by Gasteiger charge is 2.19. The highest BCUT2D eigenvalue weighted by Crippen LogP contribution is 2.26. The van der Waals surface area contributed by atoms with Crippen LogP contribution in [0.4, 0.5) is 11.4 Å². The Balaban J connectivity index is 1.52. The maximum Gasteiger partial charge on any atom is 0.246 e. The van der Waals surface area contributed by atoms with Crippen LogP contribution in [0.25, 0.3) is 10.9 Å². The topological polar surface area (TPSA) is 70.5 Å². The standard InChI is InChI=1S/C22H25N5O2/c1-2-25-11-13-26(14-12-25)20-10-6-4-8-18(20)24-22(29)16-27-19-9-5-3-7-17(19)21(28)15-23-27/h3-10,15H,2,11-14,16H2,1H3,(H,24,29). The summed E-state index contributed by atoms with van der Waals surface area (Å²) in [6, 6.07) is 15.1. The maximum absolute atomic E-state index is 12.8. The first-order valence-electron chi connectivity index (χ1n) is 9.97. The van der Waals surface area contributed by atoms with Crippen molar-refractivity contribution < 1.29 is 4.79 Å². The number of piperazine rings is 1. The van der Waals surface area contributed by atoms with E-state index in [2.05, 4.69) is 27.1 Å². The number of likely N-dealkylation sites (N-methyl/N-ethyl adjacent to an activating group) is 1. The highest BCUT2D eigenvalue weighted by molar-refractivity contribution is 5.95. The minimum Gasteiger partial charge on any atom is -0.367 e. The van der Waals surface area contributed by atoms with Gasteiger partial charge in [-0.2, -0.15) is 5.10 Å². The van der Waals surface area contributed by atoms with Crippen LogP contribution in [-0.4, -0.2) is 53.3 Å². The Labute approximate surface area is 169 Å². The highest BCUT2D eigenvalue weighted by atomic mass is 16.2. The van der Waals surface area contributed by atoms with Crippen molar-refractivity contribution in [1.82, 2.24) is 14.7 Å². The van der Waals surface area contributed by atoms with Crippen molar-refractivity contribution in [3.05, 3.63) is 65.0 Å². The summed E-state index contributed by atoms with van der Waals surface area (Å²) < 4.78 is 1.56. The fourth-order valence-electron chi connectivity index (χ4n) is 3.77. The first-order chi connectivity index (χ1) is 14.2. The third-order valence-corrected chi connectivity index (χ3v) is 5.39. The summed E-state index contributed by atoms with van der Waals surface area (Å²) in [5.41, 5.74) is 2.34. The average Bonchev–Trinajstić information content (AvgIpc) is 2.76. The van der Waals surface area contributed by atoms with Gasteiger partial charge in [0.15, 0.2) is 0 Å². The second-order valence-electron chi connectivity index (χ2n) is 7.17. The normalized spacial score (nSPS) is 14.9.